The summed E-state index contributed by atoms with van der Waals surface area (Å²) in [5, 5.41) is 3.22. The van der Waals surface area contributed by atoms with E-state index in [1.54, 1.807) is 18.6 Å². The van der Waals surface area contributed by atoms with Crippen LogP contribution in [-0.2, 0) is 6.54 Å². The summed E-state index contributed by atoms with van der Waals surface area (Å²) in [5.74, 6) is 0.277. The van der Waals surface area contributed by atoms with Crippen molar-refractivity contribution in [2.75, 3.05) is 26.2 Å². The standard InChI is InChI=1S/C12H17F3N4/c13-12(14,15)9-19-4-1-10(8-19)5-17-7-11-6-16-2-3-18-11/h2-3,6,10,17H,1,4-5,7-9H2. The average molecular weight is 274 g/mol. The fourth-order valence-corrected chi connectivity index (χ4v) is 2.30. The summed E-state index contributed by atoms with van der Waals surface area (Å²) in [6.07, 6.45) is 1.62. The van der Waals surface area contributed by atoms with Crippen LogP contribution < -0.4 is 5.32 Å². The predicted octanol–water partition coefficient (Wildman–Crippen LogP) is 1.45. The Morgan fingerprint density at radius 1 is 1.37 bits per heavy atom. The molecule has 0 bridgehead atoms. The Morgan fingerprint density at radius 3 is 2.89 bits per heavy atom. The van der Waals surface area contributed by atoms with Crippen molar-refractivity contribution < 1.29 is 13.2 Å². The molecule has 1 unspecified atom stereocenters. The first-order valence-electron chi connectivity index (χ1n) is 6.27. The van der Waals surface area contributed by atoms with Gasteiger partial charge in [-0.3, -0.25) is 14.9 Å². The summed E-state index contributed by atoms with van der Waals surface area (Å²) < 4.78 is 36.7. The summed E-state index contributed by atoms with van der Waals surface area (Å²) in [6.45, 7) is 1.55. The summed E-state index contributed by atoms with van der Waals surface area (Å²) in [4.78, 5) is 9.54. The van der Waals surface area contributed by atoms with E-state index in [9.17, 15) is 13.2 Å². The van der Waals surface area contributed by atoms with Crippen LogP contribution in [0, 0.1) is 5.92 Å². The van der Waals surface area contributed by atoms with Gasteiger partial charge in [-0.15, -0.1) is 0 Å². The number of alkyl halides is 3. The maximum atomic E-state index is 12.2. The largest absolute Gasteiger partial charge is 0.401 e. The van der Waals surface area contributed by atoms with Gasteiger partial charge in [-0.25, -0.2) is 0 Å². The Balaban J connectivity index is 1.66. The number of nitrogens with one attached hydrogen (secondary N) is 1. The molecule has 0 spiro atoms. The second kappa shape index (κ2) is 6.29. The molecule has 7 heteroatoms. The van der Waals surface area contributed by atoms with E-state index in [1.165, 1.54) is 4.90 Å². The van der Waals surface area contributed by atoms with E-state index >= 15 is 0 Å². The van der Waals surface area contributed by atoms with Crippen molar-refractivity contribution in [3.8, 4) is 0 Å². The molecule has 106 valence electrons. The van der Waals surface area contributed by atoms with Gasteiger partial charge in [-0.05, 0) is 25.4 Å². The number of hydrogen-bond donors (Lipinski definition) is 1. The van der Waals surface area contributed by atoms with Crippen molar-refractivity contribution in [1.29, 1.82) is 0 Å². The lowest BCUT2D eigenvalue weighted by atomic mass is 10.1. The van der Waals surface area contributed by atoms with Gasteiger partial charge >= 0.3 is 6.18 Å². The van der Waals surface area contributed by atoms with Crippen LogP contribution in [0.15, 0.2) is 18.6 Å². The smallest absolute Gasteiger partial charge is 0.311 e. The highest BCUT2D eigenvalue weighted by atomic mass is 19.4. The molecule has 0 amide bonds. The normalized spacial score (nSPS) is 20.9. The van der Waals surface area contributed by atoms with Crippen molar-refractivity contribution in [1.82, 2.24) is 20.2 Å². The minimum Gasteiger partial charge on any atom is -0.311 e. The Labute approximate surface area is 110 Å². The summed E-state index contributed by atoms with van der Waals surface area (Å²) in [5.41, 5.74) is 0.840. The summed E-state index contributed by atoms with van der Waals surface area (Å²) >= 11 is 0. The van der Waals surface area contributed by atoms with E-state index in [1.807, 2.05) is 0 Å². The lowest BCUT2D eigenvalue weighted by Gasteiger charge is -2.17. The number of nitrogens with zero attached hydrogens (tertiary/aromatic N) is 3. The minimum atomic E-state index is -4.10. The molecular formula is C12H17F3N4. The number of likely N-dealkylation sites (tertiary alicyclic amines) is 1. The van der Waals surface area contributed by atoms with E-state index in [0.29, 0.717) is 26.2 Å². The molecule has 1 aromatic heterocycles. The van der Waals surface area contributed by atoms with Crippen LogP contribution in [0.5, 0.6) is 0 Å². The molecule has 4 nitrogen and oxygen atoms in total. The van der Waals surface area contributed by atoms with Gasteiger partial charge in [0.05, 0.1) is 12.2 Å². The van der Waals surface area contributed by atoms with Gasteiger partial charge in [-0.1, -0.05) is 0 Å². The molecule has 19 heavy (non-hydrogen) atoms. The SMILES string of the molecule is FC(F)(F)CN1CCC(CNCc2cnccn2)C1. The van der Waals surface area contributed by atoms with Crippen molar-refractivity contribution in [2.45, 2.75) is 19.1 Å². The number of rotatable bonds is 5. The van der Waals surface area contributed by atoms with Gasteiger partial charge in [0.25, 0.3) is 0 Å². The third kappa shape index (κ3) is 5.12. The van der Waals surface area contributed by atoms with Crippen LogP contribution in [0.1, 0.15) is 12.1 Å². The summed E-state index contributed by atoms with van der Waals surface area (Å²) in [6, 6.07) is 0. The molecule has 0 saturated carbocycles. The molecule has 1 aromatic rings. The molecular weight excluding hydrogens is 257 g/mol. The molecule has 2 heterocycles. The molecule has 1 fully saturated rings. The highest BCUT2D eigenvalue weighted by Gasteiger charge is 2.34. The first kappa shape index (κ1) is 14.2. The second-order valence-electron chi connectivity index (χ2n) is 4.83. The highest BCUT2D eigenvalue weighted by molar-refractivity contribution is 4.93. The summed E-state index contributed by atoms with van der Waals surface area (Å²) in [7, 11) is 0. The number of aromatic nitrogens is 2. The van der Waals surface area contributed by atoms with Crippen molar-refractivity contribution in [3.05, 3.63) is 24.3 Å². The van der Waals surface area contributed by atoms with Crippen LogP contribution >= 0.6 is 0 Å². The lowest BCUT2D eigenvalue weighted by Crippen LogP contribution is -2.33. The zero-order valence-electron chi connectivity index (χ0n) is 10.5. The Morgan fingerprint density at radius 2 is 2.21 bits per heavy atom. The van der Waals surface area contributed by atoms with Crippen LogP contribution in [0.2, 0.25) is 0 Å². The Hall–Kier alpha value is -1.21. The van der Waals surface area contributed by atoms with Crippen molar-refractivity contribution in [2.24, 2.45) is 5.92 Å². The molecule has 0 radical (unpaired) electrons. The van der Waals surface area contributed by atoms with Crippen LogP contribution in [0.25, 0.3) is 0 Å². The van der Waals surface area contributed by atoms with Crippen LogP contribution in [0.3, 0.4) is 0 Å². The molecule has 1 N–H and O–H groups in total. The van der Waals surface area contributed by atoms with Gasteiger partial charge in [0.15, 0.2) is 0 Å². The number of halogens is 3. The van der Waals surface area contributed by atoms with E-state index in [-0.39, 0.29) is 5.92 Å². The molecule has 0 aromatic carbocycles. The van der Waals surface area contributed by atoms with Gasteiger partial charge in [0.1, 0.15) is 0 Å². The van der Waals surface area contributed by atoms with Gasteiger partial charge in [0.2, 0.25) is 0 Å². The molecule has 0 aliphatic carbocycles. The van der Waals surface area contributed by atoms with Gasteiger partial charge in [0, 0.05) is 31.7 Å². The first-order valence-corrected chi connectivity index (χ1v) is 6.27. The Kier molecular flexibility index (Phi) is 4.71. The second-order valence-corrected chi connectivity index (χ2v) is 4.83. The van der Waals surface area contributed by atoms with E-state index in [2.05, 4.69) is 15.3 Å². The molecule has 1 saturated heterocycles. The Bertz CT molecular complexity index is 382. The van der Waals surface area contributed by atoms with Crippen molar-refractivity contribution >= 4 is 0 Å². The predicted molar refractivity (Wildman–Crippen MR) is 64.3 cm³/mol. The van der Waals surface area contributed by atoms with Crippen molar-refractivity contribution in [3.63, 3.8) is 0 Å². The molecule has 1 aliphatic heterocycles. The van der Waals surface area contributed by atoms with Gasteiger partial charge in [-0.2, -0.15) is 13.2 Å². The minimum absolute atomic E-state index is 0.277. The molecule has 1 atom stereocenters. The van der Waals surface area contributed by atoms with Crippen LogP contribution in [-0.4, -0.2) is 47.2 Å². The molecule has 1 aliphatic rings. The maximum absolute atomic E-state index is 12.2. The molecule has 2 rings (SSSR count). The van der Waals surface area contributed by atoms with E-state index in [0.717, 1.165) is 12.1 Å². The highest BCUT2D eigenvalue weighted by Crippen LogP contribution is 2.22. The van der Waals surface area contributed by atoms with Gasteiger partial charge < -0.3 is 5.32 Å². The monoisotopic (exact) mass is 274 g/mol. The quantitative estimate of drug-likeness (QED) is 0.882. The fraction of sp³-hybridized carbons (Fsp3) is 0.667. The fourth-order valence-electron chi connectivity index (χ4n) is 2.30. The maximum Gasteiger partial charge on any atom is 0.401 e. The van der Waals surface area contributed by atoms with Crippen LogP contribution in [0.4, 0.5) is 13.2 Å². The topological polar surface area (TPSA) is 41.0 Å². The third-order valence-corrected chi connectivity index (χ3v) is 3.13. The lowest BCUT2D eigenvalue weighted by molar-refractivity contribution is -0.143. The van der Waals surface area contributed by atoms with E-state index < -0.39 is 12.7 Å². The first-order chi connectivity index (χ1) is 9.03. The number of hydrogen-bond acceptors (Lipinski definition) is 4. The average Bonchev–Trinajstić information content (AvgIpc) is 2.76. The zero-order chi connectivity index (χ0) is 13.7. The van der Waals surface area contributed by atoms with E-state index in [4.69, 9.17) is 0 Å². The third-order valence-electron chi connectivity index (χ3n) is 3.13. The zero-order valence-corrected chi connectivity index (χ0v) is 10.5.